The van der Waals surface area contributed by atoms with Gasteiger partial charge in [0, 0.05) is 22.3 Å². The second kappa shape index (κ2) is 15.1. The Morgan fingerprint density at radius 3 is 1.36 bits per heavy atom. The van der Waals surface area contributed by atoms with Gasteiger partial charge in [0.2, 0.25) is 0 Å². The Kier molecular flexibility index (Phi) is 9.71. The Bertz CT molecular complexity index is 2330. The van der Waals surface area contributed by atoms with Crippen LogP contribution in [0.4, 0.5) is 8.78 Å². The van der Waals surface area contributed by atoms with Crippen LogP contribution in [0.25, 0.3) is 11.4 Å². The smallest absolute Gasteiger partial charge is 0.358 e. The minimum atomic E-state index is -0.578. The molecule has 6 aromatic rings. The van der Waals surface area contributed by atoms with Gasteiger partial charge >= 0.3 is 11.9 Å². The average Bonchev–Trinajstić information content (AvgIpc) is 3.80. The number of fused-ring (bicyclic) bond motifs is 6. The van der Waals surface area contributed by atoms with E-state index in [2.05, 4.69) is 9.97 Å². The van der Waals surface area contributed by atoms with Gasteiger partial charge in [0.15, 0.2) is 11.4 Å². The zero-order chi connectivity index (χ0) is 38.1. The van der Waals surface area contributed by atoms with Crippen LogP contribution in [0.2, 0.25) is 0 Å². The fourth-order valence-corrected chi connectivity index (χ4v) is 7.21. The molecule has 0 saturated heterocycles. The number of imidazole rings is 2. The zero-order valence-electron chi connectivity index (χ0n) is 30.2. The highest BCUT2D eigenvalue weighted by Crippen LogP contribution is 2.35. The molecule has 0 bridgehead atoms. The molecule has 4 heterocycles. The van der Waals surface area contributed by atoms with Crippen LogP contribution in [-0.2, 0) is 9.47 Å². The first kappa shape index (κ1) is 35.5. The molecule has 4 aromatic carbocycles. The molecule has 0 N–H and O–H groups in total. The Hall–Kier alpha value is -6.56. The van der Waals surface area contributed by atoms with Gasteiger partial charge < -0.3 is 9.47 Å². The van der Waals surface area contributed by atoms with Crippen LogP contribution < -0.4 is 0 Å². The summed E-state index contributed by atoms with van der Waals surface area (Å²) in [6.07, 6.45) is 4.84. The van der Waals surface area contributed by atoms with E-state index in [1.807, 2.05) is 71.5 Å². The number of aliphatic imine (C=N–C) groups is 2. The first-order valence-electron chi connectivity index (χ1n) is 18.2. The van der Waals surface area contributed by atoms with Crippen LogP contribution in [0.15, 0.2) is 120 Å². The Labute approximate surface area is 315 Å². The van der Waals surface area contributed by atoms with Crippen LogP contribution in [0.3, 0.4) is 0 Å². The lowest BCUT2D eigenvalue weighted by Gasteiger charge is -2.12. The number of carbonyl (C=O) groups excluding carboxylic acids is 2. The molecule has 2 atom stereocenters. The summed E-state index contributed by atoms with van der Waals surface area (Å²) in [7, 11) is 0. The van der Waals surface area contributed by atoms with Crippen molar-refractivity contribution in [1.29, 1.82) is 0 Å². The second-order valence-electron chi connectivity index (χ2n) is 13.3. The molecule has 10 nitrogen and oxygen atoms in total. The van der Waals surface area contributed by atoms with Crippen molar-refractivity contribution < 1.29 is 27.8 Å². The van der Waals surface area contributed by atoms with E-state index in [-0.39, 0.29) is 36.2 Å². The number of ether oxygens (including phenoxy) is 2. The SMILES string of the molecule is C[C@@H]1N=C(c2ccccc2F)c2ccccc2-n2cnc(C(=O)OCCCCCOC(=O)c3ncn4c3[C@H](C)N=C(c3ccccc3F)c3ccccc3-4)c21. The number of carbonyl (C=O) groups is 2. The summed E-state index contributed by atoms with van der Waals surface area (Å²) in [6, 6.07) is 26.9. The summed E-state index contributed by atoms with van der Waals surface area (Å²) in [5, 5.41) is 0. The molecule has 0 fully saturated rings. The van der Waals surface area contributed by atoms with Gasteiger partial charge in [0.05, 0.1) is 59.5 Å². The van der Waals surface area contributed by atoms with Gasteiger partial charge in [0.1, 0.15) is 24.3 Å². The fourth-order valence-electron chi connectivity index (χ4n) is 7.21. The summed E-state index contributed by atoms with van der Waals surface area (Å²) in [4.78, 5) is 45.2. The first-order chi connectivity index (χ1) is 26.8. The summed E-state index contributed by atoms with van der Waals surface area (Å²) < 4.78 is 44.8. The van der Waals surface area contributed by atoms with Gasteiger partial charge in [-0.05, 0) is 69.5 Å². The molecule has 55 heavy (non-hydrogen) atoms. The number of unbranched alkanes of at least 4 members (excludes halogenated alkanes) is 2. The molecule has 0 radical (unpaired) electrons. The van der Waals surface area contributed by atoms with Gasteiger partial charge in [-0.3, -0.25) is 19.1 Å². The number of hydrogen-bond acceptors (Lipinski definition) is 8. The zero-order valence-corrected chi connectivity index (χ0v) is 30.2. The van der Waals surface area contributed by atoms with Crippen LogP contribution >= 0.6 is 0 Å². The number of aromatic nitrogens is 4. The summed E-state index contributed by atoms with van der Waals surface area (Å²) in [5.74, 6) is -1.92. The average molecular weight is 739 g/mol. The van der Waals surface area contributed by atoms with Crippen molar-refractivity contribution in [3.05, 3.63) is 166 Å². The highest BCUT2D eigenvalue weighted by Gasteiger charge is 2.31. The number of esters is 2. The Balaban J connectivity index is 0.887. The number of para-hydroxylation sites is 2. The lowest BCUT2D eigenvalue weighted by Crippen LogP contribution is -2.13. The number of halogens is 2. The highest BCUT2D eigenvalue weighted by molar-refractivity contribution is 6.16. The summed E-state index contributed by atoms with van der Waals surface area (Å²) in [5.41, 5.74) is 6.06. The monoisotopic (exact) mass is 738 g/mol. The summed E-state index contributed by atoms with van der Waals surface area (Å²) >= 11 is 0. The molecule has 2 aliphatic rings. The van der Waals surface area contributed by atoms with E-state index in [4.69, 9.17) is 19.5 Å². The third-order valence-electron chi connectivity index (χ3n) is 9.78. The molecule has 0 amide bonds. The van der Waals surface area contributed by atoms with Crippen molar-refractivity contribution in [1.82, 2.24) is 19.1 Å². The van der Waals surface area contributed by atoms with Gasteiger partial charge in [-0.15, -0.1) is 0 Å². The van der Waals surface area contributed by atoms with Gasteiger partial charge in [0.25, 0.3) is 0 Å². The molecule has 0 unspecified atom stereocenters. The van der Waals surface area contributed by atoms with E-state index in [0.717, 1.165) is 22.5 Å². The van der Waals surface area contributed by atoms with E-state index in [1.165, 1.54) is 12.1 Å². The predicted molar refractivity (Wildman–Crippen MR) is 202 cm³/mol. The van der Waals surface area contributed by atoms with E-state index in [9.17, 15) is 18.4 Å². The lowest BCUT2D eigenvalue weighted by atomic mass is 10.00. The fraction of sp³-hybridized carbons (Fsp3) is 0.209. The quantitative estimate of drug-likeness (QED) is 0.103. The number of benzene rings is 4. The third kappa shape index (κ3) is 6.64. The van der Waals surface area contributed by atoms with E-state index in [1.54, 1.807) is 49.1 Å². The van der Waals surface area contributed by atoms with Crippen LogP contribution in [0.1, 0.15) is 99.8 Å². The van der Waals surface area contributed by atoms with Crippen LogP contribution in [0, 0.1) is 11.6 Å². The molecule has 12 heteroatoms. The first-order valence-corrected chi connectivity index (χ1v) is 18.2. The van der Waals surface area contributed by atoms with Crippen molar-refractivity contribution in [3.63, 3.8) is 0 Å². The number of nitrogens with zero attached hydrogens (tertiary/aromatic N) is 6. The molecule has 2 aromatic heterocycles. The maximum absolute atomic E-state index is 14.9. The van der Waals surface area contributed by atoms with Crippen molar-refractivity contribution >= 4 is 23.4 Å². The molecule has 8 rings (SSSR count). The Morgan fingerprint density at radius 2 is 0.945 bits per heavy atom. The largest absolute Gasteiger partial charge is 0.461 e. The highest BCUT2D eigenvalue weighted by atomic mass is 19.1. The second-order valence-corrected chi connectivity index (χ2v) is 13.3. The molecule has 0 aliphatic carbocycles. The predicted octanol–water partition coefficient (Wildman–Crippen LogP) is 8.34. The van der Waals surface area contributed by atoms with Crippen molar-refractivity contribution in [2.45, 2.75) is 45.2 Å². The minimum Gasteiger partial charge on any atom is -0.461 e. The summed E-state index contributed by atoms with van der Waals surface area (Å²) in [6.45, 7) is 3.97. The normalized spacial score (nSPS) is 15.6. The van der Waals surface area contributed by atoms with Gasteiger partial charge in [-0.25, -0.2) is 28.3 Å². The number of rotatable bonds is 10. The number of hydrogen-bond donors (Lipinski definition) is 0. The maximum atomic E-state index is 14.9. The Morgan fingerprint density at radius 1 is 0.564 bits per heavy atom. The van der Waals surface area contributed by atoms with Crippen LogP contribution in [0.5, 0.6) is 0 Å². The molecule has 0 spiro atoms. The van der Waals surface area contributed by atoms with E-state index < -0.39 is 24.0 Å². The molecular weight excluding hydrogens is 703 g/mol. The molecule has 276 valence electrons. The minimum absolute atomic E-state index is 0.140. The van der Waals surface area contributed by atoms with E-state index in [0.29, 0.717) is 53.2 Å². The molecule has 0 saturated carbocycles. The topological polar surface area (TPSA) is 113 Å². The molecular formula is C43H36F2N6O4. The maximum Gasteiger partial charge on any atom is 0.358 e. The van der Waals surface area contributed by atoms with E-state index >= 15 is 0 Å². The van der Waals surface area contributed by atoms with Crippen molar-refractivity contribution in [2.24, 2.45) is 9.98 Å². The van der Waals surface area contributed by atoms with Gasteiger partial charge in [-0.2, -0.15) is 0 Å². The lowest BCUT2D eigenvalue weighted by molar-refractivity contribution is 0.0469. The third-order valence-corrected chi connectivity index (χ3v) is 9.78. The van der Waals surface area contributed by atoms with Crippen molar-refractivity contribution in [3.8, 4) is 11.4 Å². The standard InChI is InChI=1S/C43H36F2N6O4/c1-26-40-38(46-24-50(40)34-20-10-6-16-30(34)36(48-26)28-14-4-8-18-32(28)44)42(52)54-22-12-3-13-23-55-43(53)39-41-27(2)49-37(29-15-5-9-19-33(29)45)31-17-7-11-21-35(31)51(41)25-47-39/h4-11,14-21,24-27H,3,12-13,22-23H2,1-2H3/t26-,27-/m0/s1. The van der Waals surface area contributed by atoms with Crippen molar-refractivity contribution in [2.75, 3.05) is 13.2 Å². The van der Waals surface area contributed by atoms with Gasteiger partial charge in [-0.1, -0.05) is 60.7 Å². The molecule has 2 aliphatic heterocycles. The van der Waals surface area contributed by atoms with Crippen LogP contribution in [-0.4, -0.2) is 55.7 Å².